The second kappa shape index (κ2) is 8.59. The van der Waals surface area contributed by atoms with E-state index in [-0.39, 0.29) is 18.7 Å². The molecule has 0 aliphatic rings. The molecule has 2 N–H and O–H groups in total. The molecule has 1 aromatic carbocycles. The molecule has 1 aromatic rings. The number of hydrogen-bond acceptors (Lipinski definition) is 2. The predicted molar refractivity (Wildman–Crippen MR) is 81.4 cm³/mol. The van der Waals surface area contributed by atoms with Gasteiger partial charge < -0.3 is 15.3 Å². The third-order valence-corrected chi connectivity index (χ3v) is 3.07. The predicted octanol–water partition coefficient (Wildman–Crippen LogP) is 2.63. The average molecular weight is 278 g/mol. The number of rotatable bonds is 7. The lowest BCUT2D eigenvalue weighted by Crippen LogP contribution is -2.45. The van der Waals surface area contributed by atoms with Crippen LogP contribution in [0.15, 0.2) is 30.3 Å². The van der Waals surface area contributed by atoms with Crippen LogP contribution in [-0.4, -0.2) is 35.2 Å². The van der Waals surface area contributed by atoms with Crippen molar-refractivity contribution in [2.24, 2.45) is 5.92 Å². The maximum atomic E-state index is 12.2. The first-order valence-corrected chi connectivity index (χ1v) is 7.23. The van der Waals surface area contributed by atoms with E-state index in [0.717, 1.165) is 12.0 Å². The van der Waals surface area contributed by atoms with E-state index in [2.05, 4.69) is 19.2 Å². The first-order chi connectivity index (χ1) is 9.52. The summed E-state index contributed by atoms with van der Waals surface area (Å²) < 4.78 is 0. The van der Waals surface area contributed by atoms with Gasteiger partial charge in [-0.15, -0.1) is 0 Å². The second-order valence-electron chi connectivity index (χ2n) is 5.61. The zero-order chi connectivity index (χ0) is 15.0. The number of carbonyl (C=O) groups excluding carboxylic acids is 1. The van der Waals surface area contributed by atoms with Gasteiger partial charge >= 0.3 is 6.03 Å². The molecule has 1 atom stereocenters. The van der Waals surface area contributed by atoms with Gasteiger partial charge in [-0.05, 0) is 24.8 Å². The summed E-state index contributed by atoms with van der Waals surface area (Å²) in [6.07, 6.45) is 0.948. The molecule has 0 aliphatic heterocycles. The van der Waals surface area contributed by atoms with Crippen LogP contribution in [0.2, 0.25) is 0 Å². The standard InChI is InChI=1S/C16H26N2O2/c1-13(2)11-14(3)17-16(20)18(9-10-19)12-15-7-5-4-6-8-15/h4-8,13-14,19H,9-12H2,1-3H3,(H,17,20). The molecule has 0 fully saturated rings. The largest absolute Gasteiger partial charge is 0.395 e. The van der Waals surface area contributed by atoms with Crippen LogP contribution in [-0.2, 0) is 6.54 Å². The van der Waals surface area contributed by atoms with Gasteiger partial charge in [-0.1, -0.05) is 44.2 Å². The van der Waals surface area contributed by atoms with Crippen molar-refractivity contribution < 1.29 is 9.90 Å². The lowest BCUT2D eigenvalue weighted by molar-refractivity contribution is 0.170. The Morgan fingerprint density at radius 2 is 1.90 bits per heavy atom. The Bertz CT molecular complexity index is 393. The van der Waals surface area contributed by atoms with Gasteiger partial charge in [-0.3, -0.25) is 0 Å². The fourth-order valence-electron chi connectivity index (χ4n) is 2.25. The van der Waals surface area contributed by atoms with Crippen molar-refractivity contribution in [2.45, 2.75) is 39.8 Å². The summed E-state index contributed by atoms with van der Waals surface area (Å²) in [4.78, 5) is 13.9. The summed E-state index contributed by atoms with van der Waals surface area (Å²) in [5.41, 5.74) is 1.06. The van der Waals surface area contributed by atoms with Gasteiger partial charge in [0.1, 0.15) is 0 Å². The lowest BCUT2D eigenvalue weighted by atomic mass is 10.1. The topological polar surface area (TPSA) is 52.6 Å². The number of nitrogens with zero attached hydrogens (tertiary/aromatic N) is 1. The minimum atomic E-state index is -0.115. The molecule has 0 spiro atoms. The molecule has 2 amide bonds. The quantitative estimate of drug-likeness (QED) is 0.805. The second-order valence-corrected chi connectivity index (χ2v) is 5.61. The van der Waals surface area contributed by atoms with Crippen LogP contribution in [0, 0.1) is 5.92 Å². The number of urea groups is 1. The van der Waals surface area contributed by atoms with Crippen LogP contribution in [0.5, 0.6) is 0 Å². The van der Waals surface area contributed by atoms with E-state index < -0.39 is 0 Å². The molecule has 1 unspecified atom stereocenters. The SMILES string of the molecule is CC(C)CC(C)NC(=O)N(CCO)Cc1ccccc1. The van der Waals surface area contributed by atoms with Crippen LogP contribution < -0.4 is 5.32 Å². The highest BCUT2D eigenvalue weighted by Gasteiger charge is 2.16. The normalized spacial score (nSPS) is 12.2. The highest BCUT2D eigenvalue weighted by atomic mass is 16.3. The van der Waals surface area contributed by atoms with E-state index >= 15 is 0 Å². The van der Waals surface area contributed by atoms with Crippen LogP contribution in [0.1, 0.15) is 32.8 Å². The molecule has 112 valence electrons. The fourth-order valence-corrected chi connectivity index (χ4v) is 2.25. The third kappa shape index (κ3) is 6.06. The zero-order valence-electron chi connectivity index (χ0n) is 12.7. The maximum Gasteiger partial charge on any atom is 0.317 e. The molecule has 0 heterocycles. The fraction of sp³-hybridized carbons (Fsp3) is 0.562. The molecule has 4 heteroatoms. The van der Waals surface area contributed by atoms with Gasteiger partial charge in [-0.25, -0.2) is 4.79 Å². The average Bonchev–Trinajstić information content (AvgIpc) is 2.38. The molecule has 20 heavy (non-hydrogen) atoms. The van der Waals surface area contributed by atoms with Gasteiger partial charge in [0.25, 0.3) is 0 Å². The molecule has 1 rings (SSSR count). The van der Waals surface area contributed by atoms with Gasteiger partial charge in [-0.2, -0.15) is 0 Å². The number of aliphatic hydroxyl groups excluding tert-OH is 1. The number of nitrogens with one attached hydrogen (secondary N) is 1. The Hall–Kier alpha value is -1.55. The van der Waals surface area contributed by atoms with E-state index in [1.165, 1.54) is 0 Å². The molecule has 4 nitrogen and oxygen atoms in total. The highest BCUT2D eigenvalue weighted by molar-refractivity contribution is 5.74. The summed E-state index contributed by atoms with van der Waals surface area (Å²) in [5, 5.41) is 12.1. The van der Waals surface area contributed by atoms with Crippen LogP contribution in [0.3, 0.4) is 0 Å². The van der Waals surface area contributed by atoms with Gasteiger partial charge in [0.2, 0.25) is 0 Å². The van der Waals surface area contributed by atoms with E-state index in [4.69, 9.17) is 5.11 Å². The van der Waals surface area contributed by atoms with Crippen molar-refractivity contribution in [2.75, 3.05) is 13.2 Å². The van der Waals surface area contributed by atoms with E-state index in [0.29, 0.717) is 19.0 Å². The third-order valence-electron chi connectivity index (χ3n) is 3.07. The number of carbonyl (C=O) groups is 1. The van der Waals surface area contributed by atoms with Crippen molar-refractivity contribution >= 4 is 6.03 Å². The number of amides is 2. The molecule has 0 saturated carbocycles. The Kier molecular flexibility index (Phi) is 7.09. The van der Waals surface area contributed by atoms with Crippen molar-refractivity contribution in [3.05, 3.63) is 35.9 Å². The van der Waals surface area contributed by atoms with E-state index in [1.54, 1.807) is 4.90 Å². The Balaban J connectivity index is 2.58. The molecule has 0 saturated heterocycles. The molecule has 0 aliphatic carbocycles. The van der Waals surface area contributed by atoms with E-state index in [1.807, 2.05) is 37.3 Å². The van der Waals surface area contributed by atoms with Crippen LogP contribution >= 0.6 is 0 Å². The van der Waals surface area contributed by atoms with Crippen molar-refractivity contribution in [3.8, 4) is 0 Å². The summed E-state index contributed by atoms with van der Waals surface area (Å²) in [7, 11) is 0. The van der Waals surface area contributed by atoms with Gasteiger partial charge in [0.05, 0.1) is 6.61 Å². The number of aliphatic hydroxyl groups is 1. The first kappa shape index (κ1) is 16.5. The summed E-state index contributed by atoms with van der Waals surface area (Å²) in [6.45, 7) is 7.11. The Morgan fingerprint density at radius 3 is 2.45 bits per heavy atom. The molecule has 0 bridgehead atoms. The van der Waals surface area contributed by atoms with Crippen LogP contribution in [0.25, 0.3) is 0 Å². The molecular weight excluding hydrogens is 252 g/mol. The van der Waals surface area contributed by atoms with Crippen molar-refractivity contribution in [1.29, 1.82) is 0 Å². The lowest BCUT2D eigenvalue weighted by Gasteiger charge is -2.25. The zero-order valence-corrected chi connectivity index (χ0v) is 12.7. The maximum absolute atomic E-state index is 12.2. The summed E-state index contributed by atoms with van der Waals surface area (Å²) in [6, 6.07) is 9.84. The summed E-state index contributed by atoms with van der Waals surface area (Å²) in [5.74, 6) is 0.547. The number of hydrogen-bond donors (Lipinski definition) is 2. The molecule has 0 aromatic heterocycles. The highest BCUT2D eigenvalue weighted by Crippen LogP contribution is 2.07. The van der Waals surface area contributed by atoms with Gasteiger partial charge in [0.15, 0.2) is 0 Å². The Labute approximate surface area is 121 Å². The Morgan fingerprint density at radius 1 is 1.25 bits per heavy atom. The molecule has 0 radical (unpaired) electrons. The minimum Gasteiger partial charge on any atom is -0.395 e. The minimum absolute atomic E-state index is 0.0290. The van der Waals surface area contributed by atoms with E-state index in [9.17, 15) is 4.79 Å². The van der Waals surface area contributed by atoms with Gasteiger partial charge in [0, 0.05) is 19.1 Å². The molecular formula is C16H26N2O2. The first-order valence-electron chi connectivity index (χ1n) is 7.23. The smallest absolute Gasteiger partial charge is 0.317 e. The number of benzene rings is 1. The monoisotopic (exact) mass is 278 g/mol. The van der Waals surface area contributed by atoms with Crippen molar-refractivity contribution in [1.82, 2.24) is 10.2 Å². The van der Waals surface area contributed by atoms with Crippen molar-refractivity contribution in [3.63, 3.8) is 0 Å². The summed E-state index contributed by atoms with van der Waals surface area (Å²) >= 11 is 0. The van der Waals surface area contributed by atoms with Crippen LogP contribution in [0.4, 0.5) is 4.79 Å².